The fraction of sp³-hybridized carbons (Fsp3) is 0.350. The molecule has 0 spiro atoms. The SMILES string of the molecule is CCOC(=O)COc1cccc(NC(=O)c2ccc(N(CC)CC)nc2)c1. The number of aromatic nitrogens is 1. The molecule has 0 aliphatic heterocycles. The van der Waals surface area contributed by atoms with Gasteiger partial charge in [0.05, 0.1) is 12.2 Å². The van der Waals surface area contributed by atoms with Crippen molar-refractivity contribution in [2.45, 2.75) is 20.8 Å². The third-order valence-electron chi connectivity index (χ3n) is 3.85. The van der Waals surface area contributed by atoms with Gasteiger partial charge in [0.25, 0.3) is 5.91 Å². The maximum absolute atomic E-state index is 12.4. The molecule has 0 aliphatic rings. The summed E-state index contributed by atoms with van der Waals surface area (Å²) in [6.07, 6.45) is 1.56. The van der Waals surface area contributed by atoms with E-state index in [1.807, 2.05) is 6.07 Å². The minimum absolute atomic E-state index is 0.179. The summed E-state index contributed by atoms with van der Waals surface area (Å²) < 4.78 is 10.2. The molecular weight excluding hydrogens is 346 g/mol. The molecule has 0 radical (unpaired) electrons. The summed E-state index contributed by atoms with van der Waals surface area (Å²) in [6.45, 7) is 7.69. The summed E-state index contributed by atoms with van der Waals surface area (Å²) in [5, 5.41) is 2.80. The number of esters is 1. The van der Waals surface area contributed by atoms with Crippen LogP contribution >= 0.6 is 0 Å². The highest BCUT2D eigenvalue weighted by molar-refractivity contribution is 6.04. The third kappa shape index (κ3) is 5.99. The van der Waals surface area contributed by atoms with Gasteiger partial charge in [0, 0.05) is 31.0 Å². The molecule has 0 aliphatic carbocycles. The first-order valence-corrected chi connectivity index (χ1v) is 8.98. The van der Waals surface area contributed by atoms with Crippen molar-refractivity contribution in [2.75, 3.05) is 36.5 Å². The number of carbonyl (C=O) groups is 2. The standard InChI is InChI=1S/C20H25N3O4/c1-4-23(5-2)18-11-10-15(13-21-18)20(25)22-16-8-7-9-17(12-16)27-14-19(24)26-6-3/h7-13H,4-6,14H2,1-3H3,(H,22,25). The van der Waals surface area contributed by atoms with Crippen molar-refractivity contribution in [3.05, 3.63) is 48.2 Å². The highest BCUT2D eigenvalue weighted by Gasteiger charge is 2.10. The monoisotopic (exact) mass is 371 g/mol. The summed E-state index contributed by atoms with van der Waals surface area (Å²) in [5.41, 5.74) is 1.03. The van der Waals surface area contributed by atoms with Crippen LogP contribution in [-0.4, -0.2) is 43.2 Å². The number of anilines is 2. The second-order valence-electron chi connectivity index (χ2n) is 5.65. The van der Waals surface area contributed by atoms with Gasteiger partial charge in [0.2, 0.25) is 0 Å². The minimum atomic E-state index is -0.439. The Kier molecular flexibility index (Phi) is 7.61. The number of nitrogens with zero attached hydrogens (tertiary/aromatic N) is 2. The molecule has 1 heterocycles. The van der Waals surface area contributed by atoms with Crippen LogP contribution in [0.5, 0.6) is 5.75 Å². The van der Waals surface area contributed by atoms with Crippen LogP contribution in [0.25, 0.3) is 0 Å². The molecule has 0 unspecified atom stereocenters. The maximum atomic E-state index is 12.4. The first-order valence-electron chi connectivity index (χ1n) is 8.98. The van der Waals surface area contributed by atoms with Crippen molar-refractivity contribution in [2.24, 2.45) is 0 Å². The summed E-state index contributed by atoms with van der Waals surface area (Å²) >= 11 is 0. The Morgan fingerprint density at radius 1 is 1.11 bits per heavy atom. The molecule has 1 N–H and O–H groups in total. The van der Waals surface area contributed by atoms with E-state index in [0.29, 0.717) is 23.6 Å². The third-order valence-corrected chi connectivity index (χ3v) is 3.85. The molecule has 1 aromatic carbocycles. The van der Waals surface area contributed by atoms with Gasteiger partial charge in [0.1, 0.15) is 11.6 Å². The van der Waals surface area contributed by atoms with E-state index in [-0.39, 0.29) is 12.5 Å². The number of benzene rings is 1. The lowest BCUT2D eigenvalue weighted by Crippen LogP contribution is -2.23. The second kappa shape index (κ2) is 10.2. The predicted octanol–water partition coefficient (Wildman–Crippen LogP) is 3.12. The van der Waals surface area contributed by atoms with Gasteiger partial charge in [-0.2, -0.15) is 0 Å². The average Bonchev–Trinajstić information content (AvgIpc) is 2.68. The van der Waals surface area contributed by atoms with Crippen LogP contribution in [0, 0.1) is 0 Å². The number of pyridine rings is 1. The van der Waals surface area contributed by atoms with Gasteiger partial charge in [-0.1, -0.05) is 6.07 Å². The first kappa shape index (κ1) is 20.2. The zero-order valence-electron chi connectivity index (χ0n) is 15.9. The van der Waals surface area contributed by atoms with Crippen LogP contribution in [0.4, 0.5) is 11.5 Å². The van der Waals surface area contributed by atoms with Gasteiger partial charge in [-0.25, -0.2) is 9.78 Å². The number of rotatable bonds is 9. The molecule has 27 heavy (non-hydrogen) atoms. The van der Waals surface area contributed by atoms with Gasteiger partial charge in [-0.05, 0) is 45.0 Å². The Balaban J connectivity index is 1.99. The fourth-order valence-corrected chi connectivity index (χ4v) is 2.47. The van der Waals surface area contributed by atoms with Gasteiger partial charge in [-0.3, -0.25) is 4.79 Å². The number of carbonyl (C=O) groups excluding carboxylic acids is 2. The average molecular weight is 371 g/mol. The number of nitrogens with one attached hydrogen (secondary N) is 1. The molecule has 0 saturated heterocycles. The Morgan fingerprint density at radius 3 is 2.52 bits per heavy atom. The fourth-order valence-electron chi connectivity index (χ4n) is 2.47. The van der Waals surface area contributed by atoms with E-state index in [1.165, 1.54) is 0 Å². The number of hydrogen-bond acceptors (Lipinski definition) is 6. The van der Waals surface area contributed by atoms with Gasteiger partial charge < -0.3 is 19.7 Å². The van der Waals surface area contributed by atoms with Crippen LogP contribution in [0.1, 0.15) is 31.1 Å². The van der Waals surface area contributed by atoms with Crippen molar-refractivity contribution in [1.29, 1.82) is 0 Å². The van der Waals surface area contributed by atoms with Gasteiger partial charge in [0.15, 0.2) is 6.61 Å². The van der Waals surface area contributed by atoms with Crippen molar-refractivity contribution in [3.8, 4) is 5.75 Å². The van der Waals surface area contributed by atoms with E-state index in [1.54, 1.807) is 43.5 Å². The van der Waals surface area contributed by atoms with Crippen molar-refractivity contribution < 1.29 is 19.1 Å². The molecule has 7 heteroatoms. The van der Waals surface area contributed by atoms with Gasteiger partial charge in [-0.15, -0.1) is 0 Å². The first-order chi connectivity index (χ1) is 13.1. The highest BCUT2D eigenvalue weighted by Crippen LogP contribution is 2.18. The zero-order valence-corrected chi connectivity index (χ0v) is 15.9. The van der Waals surface area contributed by atoms with E-state index in [2.05, 4.69) is 29.0 Å². The molecule has 0 bridgehead atoms. The van der Waals surface area contributed by atoms with Crippen molar-refractivity contribution in [1.82, 2.24) is 4.98 Å². The quantitative estimate of drug-likeness (QED) is 0.682. The lowest BCUT2D eigenvalue weighted by molar-refractivity contribution is -0.145. The minimum Gasteiger partial charge on any atom is -0.482 e. The van der Waals surface area contributed by atoms with Gasteiger partial charge >= 0.3 is 5.97 Å². The number of hydrogen-bond donors (Lipinski definition) is 1. The topological polar surface area (TPSA) is 80.8 Å². The largest absolute Gasteiger partial charge is 0.482 e. The molecule has 0 saturated carbocycles. The summed E-state index contributed by atoms with van der Waals surface area (Å²) in [7, 11) is 0. The normalized spacial score (nSPS) is 10.2. The van der Waals surface area contributed by atoms with E-state index < -0.39 is 5.97 Å². The summed E-state index contributed by atoms with van der Waals surface area (Å²) in [4.78, 5) is 30.2. The van der Waals surface area contributed by atoms with Crippen LogP contribution in [-0.2, 0) is 9.53 Å². The van der Waals surface area contributed by atoms with E-state index >= 15 is 0 Å². The Bertz CT molecular complexity index is 758. The highest BCUT2D eigenvalue weighted by atomic mass is 16.6. The Labute approximate surface area is 159 Å². The zero-order chi connectivity index (χ0) is 19.6. The summed E-state index contributed by atoms with van der Waals surface area (Å²) in [5.74, 6) is 0.601. The molecule has 144 valence electrons. The Morgan fingerprint density at radius 2 is 1.89 bits per heavy atom. The molecule has 0 atom stereocenters. The van der Waals surface area contributed by atoms with Crippen molar-refractivity contribution in [3.63, 3.8) is 0 Å². The van der Waals surface area contributed by atoms with Crippen LogP contribution in [0.15, 0.2) is 42.6 Å². The second-order valence-corrected chi connectivity index (χ2v) is 5.65. The molecule has 1 aromatic heterocycles. The molecule has 1 amide bonds. The summed E-state index contributed by atoms with van der Waals surface area (Å²) in [6, 6.07) is 10.4. The van der Waals surface area contributed by atoms with E-state index in [4.69, 9.17) is 9.47 Å². The number of ether oxygens (including phenoxy) is 2. The smallest absolute Gasteiger partial charge is 0.344 e. The lowest BCUT2D eigenvalue weighted by Gasteiger charge is -2.19. The van der Waals surface area contributed by atoms with Crippen LogP contribution < -0.4 is 15.0 Å². The molecule has 2 aromatic rings. The molecular formula is C20H25N3O4. The van der Waals surface area contributed by atoms with Crippen LogP contribution in [0.3, 0.4) is 0 Å². The van der Waals surface area contributed by atoms with E-state index in [9.17, 15) is 9.59 Å². The molecule has 7 nitrogen and oxygen atoms in total. The number of amides is 1. The lowest BCUT2D eigenvalue weighted by atomic mass is 10.2. The van der Waals surface area contributed by atoms with Crippen LogP contribution in [0.2, 0.25) is 0 Å². The predicted molar refractivity (Wildman–Crippen MR) is 104 cm³/mol. The van der Waals surface area contributed by atoms with E-state index in [0.717, 1.165) is 18.9 Å². The Hall–Kier alpha value is -3.09. The maximum Gasteiger partial charge on any atom is 0.344 e. The molecule has 2 rings (SSSR count). The van der Waals surface area contributed by atoms with Crippen molar-refractivity contribution >= 4 is 23.4 Å². The molecule has 0 fully saturated rings.